The number of hydrogen-bond acceptors (Lipinski definition) is 5. The first-order valence-electron chi connectivity index (χ1n) is 8.02. The summed E-state index contributed by atoms with van der Waals surface area (Å²) in [6.07, 6.45) is 0. The zero-order valence-electron chi connectivity index (χ0n) is 14.3. The van der Waals surface area contributed by atoms with Crippen molar-refractivity contribution < 1.29 is 26.3 Å². The minimum atomic E-state index is -4.15. The van der Waals surface area contributed by atoms with Crippen LogP contribution in [0.15, 0.2) is 59.5 Å². The fraction of sp³-hybridized carbons (Fsp3) is 0.111. The molecule has 28 heavy (non-hydrogen) atoms. The van der Waals surface area contributed by atoms with Gasteiger partial charge < -0.3 is 4.74 Å². The average Bonchev–Trinajstić information content (AvgIpc) is 2.66. The van der Waals surface area contributed by atoms with E-state index in [1.807, 2.05) is 0 Å². The van der Waals surface area contributed by atoms with E-state index in [1.165, 1.54) is 18.2 Å². The van der Waals surface area contributed by atoms with E-state index in [9.17, 15) is 21.6 Å². The molecule has 10 heteroatoms. The minimum absolute atomic E-state index is 0.0907. The van der Waals surface area contributed by atoms with Crippen LogP contribution in [0.3, 0.4) is 0 Å². The van der Waals surface area contributed by atoms with Gasteiger partial charge in [-0.2, -0.15) is 0 Å². The second kappa shape index (κ2) is 8.36. The van der Waals surface area contributed by atoms with E-state index in [0.717, 1.165) is 12.1 Å². The lowest BCUT2D eigenvalue weighted by Gasteiger charge is -2.09. The molecule has 0 aliphatic rings. The Labute approximate surface area is 159 Å². The summed E-state index contributed by atoms with van der Waals surface area (Å²) in [4.78, 5) is -0.655. The number of nitrogens with one attached hydrogen (secondary N) is 1. The first-order chi connectivity index (χ1) is 13.3. The maximum absolute atomic E-state index is 13.6. The SMILES string of the molecule is O=S(=O)(NCCOc1ccc(-c2ccc(F)cc2)nn1)c1ccc(F)cc1F. The highest BCUT2D eigenvalue weighted by Crippen LogP contribution is 2.18. The monoisotopic (exact) mass is 409 g/mol. The molecule has 0 bridgehead atoms. The molecular weight excluding hydrogens is 395 g/mol. The molecule has 2 aromatic carbocycles. The Bertz CT molecular complexity index is 1060. The third kappa shape index (κ3) is 4.84. The molecule has 3 aromatic rings. The van der Waals surface area contributed by atoms with Gasteiger partial charge in [0.15, 0.2) is 0 Å². The topological polar surface area (TPSA) is 81.2 Å². The van der Waals surface area contributed by atoms with Crippen molar-refractivity contribution in [2.24, 2.45) is 0 Å². The number of sulfonamides is 1. The highest BCUT2D eigenvalue weighted by Gasteiger charge is 2.19. The van der Waals surface area contributed by atoms with Crippen LogP contribution in [0.1, 0.15) is 0 Å². The molecule has 3 rings (SSSR count). The smallest absolute Gasteiger partial charge is 0.243 e. The molecule has 0 aliphatic carbocycles. The molecule has 1 N–H and O–H groups in total. The van der Waals surface area contributed by atoms with E-state index in [4.69, 9.17) is 4.74 Å². The summed E-state index contributed by atoms with van der Waals surface area (Å²) in [6, 6.07) is 11.1. The van der Waals surface area contributed by atoms with Gasteiger partial charge in [-0.3, -0.25) is 0 Å². The molecular formula is C18H14F3N3O3S. The molecule has 0 unspecified atom stereocenters. The molecule has 0 saturated heterocycles. The van der Waals surface area contributed by atoms with Crippen LogP contribution in [0, 0.1) is 17.5 Å². The zero-order valence-corrected chi connectivity index (χ0v) is 15.1. The van der Waals surface area contributed by atoms with Crippen molar-refractivity contribution in [2.75, 3.05) is 13.2 Å². The second-order valence-electron chi connectivity index (χ2n) is 5.58. The van der Waals surface area contributed by atoms with E-state index in [-0.39, 0.29) is 24.8 Å². The Kier molecular flexibility index (Phi) is 5.90. The Balaban J connectivity index is 1.54. The largest absolute Gasteiger partial charge is 0.475 e. The molecule has 146 valence electrons. The first kappa shape index (κ1) is 19.8. The molecule has 0 radical (unpaired) electrons. The predicted octanol–water partition coefficient (Wildman–Crippen LogP) is 2.92. The van der Waals surface area contributed by atoms with Gasteiger partial charge in [-0.15, -0.1) is 10.2 Å². The Morgan fingerprint density at radius 2 is 1.61 bits per heavy atom. The van der Waals surface area contributed by atoms with Crippen molar-refractivity contribution >= 4 is 10.0 Å². The second-order valence-corrected chi connectivity index (χ2v) is 7.32. The number of benzene rings is 2. The van der Waals surface area contributed by atoms with Crippen molar-refractivity contribution in [3.05, 3.63) is 72.0 Å². The van der Waals surface area contributed by atoms with Crippen LogP contribution in [0.25, 0.3) is 11.3 Å². The summed E-state index contributed by atoms with van der Waals surface area (Å²) in [5.74, 6) is -2.27. The normalized spacial score (nSPS) is 11.4. The summed E-state index contributed by atoms with van der Waals surface area (Å²) in [5, 5.41) is 7.80. The molecule has 6 nitrogen and oxygen atoms in total. The highest BCUT2D eigenvalue weighted by atomic mass is 32.2. The predicted molar refractivity (Wildman–Crippen MR) is 94.5 cm³/mol. The molecule has 0 amide bonds. The summed E-state index contributed by atoms with van der Waals surface area (Å²) in [6.45, 7) is -0.257. The molecule has 0 aliphatic heterocycles. The van der Waals surface area contributed by atoms with Gasteiger partial charge in [-0.05, 0) is 42.5 Å². The minimum Gasteiger partial charge on any atom is -0.475 e. The molecule has 1 aromatic heterocycles. The quantitative estimate of drug-likeness (QED) is 0.607. The number of rotatable bonds is 7. The molecule has 0 saturated carbocycles. The summed E-state index contributed by atoms with van der Waals surface area (Å²) < 4.78 is 70.9. The zero-order chi connectivity index (χ0) is 20.1. The van der Waals surface area contributed by atoms with Crippen LogP contribution in [0.4, 0.5) is 13.2 Å². The number of ether oxygens (including phenoxy) is 1. The third-order valence-electron chi connectivity index (χ3n) is 3.61. The van der Waals surface area contributed by atoms with Gasteiger partial charge in [0.05, 0.1) is 5.69 Å². The number of halogens is 3. The summed E-state index contributed by atoms with van der Waals surface area (Å²) >= 11 is 0. The van der Waals surface area contributed by atoms with Crippen molar-refractivity contribution in [3.63, 3.8) is 0 Å². The average molecular weight is 409 g/mol. The van der Waals surface area contributed by atoms with Crippen molar-refractivity contribution in [1.82, 2.24) is 14.9 Å². The third-order valence-corrected chi connectivity index (χ3v) is 5.10. The van der Waals surface area contributed by atoms with Crippen molar-refractivity contribution in [2.45, 2.75) is 4.90 Å². The number of hydrogen-bond donors (Lipinski definition) is 1. The van der Waals surface area contributed by atoms with Gasteiger partial charge in [0.1, 0.15) is 29.0 Å². The highest BCUT2D eigenvalue weighted by molar-refractivity contribution is 7.89. The Morgan fingerprint density at radius 3 is 2.25 bits per heavy atom. The molecule has 1 heterocycles. The summed E-state index contributed by atoms with van der Waals surface area (Å²) in [7, 11) is -4.15. The maximum Gasteiger partial charge on any atom is 0.243 e. The van der Waals surface area contributed by atoms with E-state index in [1.54, 1.807) is 18.2 Å². The fourth-order valence-electron chi connectivity index (χ4n) is 2.27. The van der Waals surface area contributed by atoms with Gasteiger partial charge in [-0.1, -0.05) is 0 Å². The standard InChI is InChI=1S/C18H14F3N3O3S/c19-13-3-1-12(2-4-13)16-6-8-18(24-23-16)27-10-9-22-28(25,26)17-7-5-14(20)11-15(17)21/h1-8,11,22H,9-10H2. The Morgan fingerprint density at radius 1 is 0.893 bits per heavy atom. The van der Waals surface area contributed by atoms with Gasteiger partial charge >= 0.3 is 0 Å². The van der Waals surface area contributed by atoms with Crippen molar-refractivity contribution in [1.29, 1.82) is 0 Å². The van der Waals surface area contributed by atoms with Gasteiger partial charge in [-0.25, -0.2) is 26.3 Å². The maximum atomic E-state index is 13.6. The Hall–Kier alpha value is -2.98. The first-order valence-corrected chi connectivity index (χ1v) is 9.51. The number of aromatic nitrogens is 2. The van der Waals surface area contributed by atoms with Crippen LogP contribution in [0.2, 0.25) is 0 Å². The molecule has 0 spiro atoms. The van der Waals surface area contributed by atoms with E-state index in [2.05, 4.69) is 14.9 Å². The van der Waals surface area contributed by atoms with Gasteiger partial charge in [0.25, 0.3) is 0 Å². The van der Waals surface area contributed by atoms with Crippen LogP contribution < -0.4 is 9.46 Å². The van der Waals surface area contributed by atoms with E-state index < -0.39 is 26.6 Å². The number of nitrogens with zero attached hydrogens (tertiary/aromatic N) is 2. The van der Waals surface area contributed by atoms with Crippen LogP contribution in [-0.2, 0) is 10.0 Å². The van der Waals surface area contributed by atoms with E-state index >= 15 is 0 Å². The van der Waals surface area contributed by atoms with Crippen LogP contribution >= 0.6 is 0 Å². The lowest BCUT2D eigenvalue weighted by Crippen LogP contribution is -2.29. The van der Waals surface area contributed by atoms with Gasteiger partial charge in [0, 0.05) is 24.2 Å². The molecule has 0 fully saturated rings. The summed E-state index contributed by atoms with van der Waals surface area (Å²) in [5.41, 5.74) is 1.19. The van der Waals surface area contributed by atoms with E-state index in [0.29, 0.717) is 17.3 Å². The lowest BCUT2D eigenvalue weighted by atomic mass is 10.1. The molecule has 0 atom stereocenters. The van der Waals surface area contributed by atoms with Crippen LogP contribution in [0.5, 0.6) is 5.88 Å². The van der Waals surface area contributed by atoms with Gasteiger partial charge in [0.2, 0.25) is 15.9 Å². The van der Waals surface area contributed by atoms with Crippen molar-refractivity contribution in [3.8, 4) is 17.1 Å². The van der Waals surface area contributed by atoms with Crippen LogP contribution in [-0.4, -0.2) is 31.8 Å². The lowest BCUT2D eigenvalue weighted by molar-refractivity contribution is 0.307. The fourth-order valence-corrected chi connectivity index (χ4v) is 3.34.